The summed E-state index contributed by atoms with van der Waals surface area (Å²) in [5, 5.41) is 4.66. The molecule has 2 aliphatic heterocycles. The standard InChI is InChI=1S/C20H18N2O4S/c23-27(24,20-3-1-2-13-11-21-8-6-15(13)20)26-14-4-5-16-17-7-9-22-12-19(17)25-18(16)10-14/h1-6,8,10-11,17,19,22H,7,9,12H2. The van der Waals surface area contributed by atoms with Crippen LogP contribution in [-0.4, -0.2) is 32.6 Å². The highest BCUT2D eigenvalue weighted by Crippen LogP contribution is 2.43. The van der Waals surface area contributed by atoms with Crippen LogP contribution in [0.5, 0.6) is 11.5 Å². The molecule has 2 aromatic carbocycles. The molecule has 1 saturated heterocycles. The average molecular weight is 382 g/mol. The Hall–Kier alpha value is -2.64. The van der Waals surface area contributed by atoms with Gasteiger partial charge >= 0.3 is 10.1 Å². The molecule has 2 unspecified atom stereocenters. The van der Waals surface area contributed by atoms with Crippen molar-refractivity contribution in [2.45, 2.75) is 23.3 Å². The van der Waals surface area contributed by atoms with Crippen LogP contribution in [0.1, 0.15) is 17.9 Å². The van der Waals surface area contributed by atoms with Gasteiger partial charge in [0.2, 0.25) is 0 Å². The third kappa shape index (κ3) is 2.83. The molecule has 7 heteroatoms. The van der Waals surface area contributed by atoms with Crippen LogP contribution in [0.4, 0.5) is 0 Å². The van der Waals surface area contributed by atoms with E-state index in [0.717, 1.165) is 30.5 Å². The van der Waals surface area contributed by atoms with Crippen molar-refractivity contribution in [3.8, 4) is 11.5 Å². The first-order valence-electron chi connectivity index (χ1n) is 8.90. The lowest BCUT2D eigenvalue weighted by molar-refractivity contribution is 0.176. The molecule has 2 aliphatic rings. The fourth-order valence-electron chi connectivity index (χ4n) is 3.93. The molecule has 0 radical (unpaired) electrons. The smallest absolute Gasteiger partial charge is 0.339 e. The van der Waals surface area contributed by atoms with Gasteiger partial charge in [-0.1, -0.05) is 18.2 Å². The lowest BCUT2D eigenvalue weighted by Crippen LogP contribution is -2.39. The Morgan fingerprint density at radius 3 is 3.04 bits per heavy atom. The fourth-order valence-corrected chi connectivity index (χ4v) is 5.08. The molecule has 6 nitrogen and oxygen atoms in total. The zero-order valence-electron chi connectivity index (χ0n) is 14.5. The molecule has 2 atom stereocenters. The van der Waals surface area contributed by atoms with Crippen LogP contribution in [0.25, 0.3) is 10.8 Å². The van der Waals surface area contributed by atoms with Crippen molar-refractivity contribution in [3.05, 3.63) is 60.4 Å². The van der Waals surface area contributed by atoms with E-state index in [0.29, 0.717) is 17.1 Å². The quantitative estimate of drug-likeness (QED) is 0.702. The van der Waals surface area contributed by atoms with Crippen LogP contribution in [0.2, 0.25) is 0 Å². The van der Waals surface area contributed by atoms with Gasteiger partial charge in [0.1, 0.15) is 22.5 Å². The number of hydrogen-bond donors (Lipinski definition) is 1. The van der Waals surface area contributed by atoms with E-state index in [1.54, 1.807) is 42.7 Å². The van der Waals surface area contributed by atoms with Gasteiger partial charge in [0.05, 0.1) is 0 Å². The van der Waals surface area contributed by atoms with E-state index < -0.39 is 10.1 Å². The van der Waals surface area contributed by atoms with Gasteiger partial charge in [0.15, 0.2) is 0 Å². The number of fused-ring (bicyclic) bond motifs is 4. The summed E-state index contributed by atoms with van der Waals surface area (Å²) >= 11 is 0. The average Bonchev–Trinajstić information content (AvgIpc) is 3.05. The molecule has 0 saturated carbocycles. The zero-order valence-corrected chi connectivity index (χ0v) is 15.3. The first-order chi connectivity index (χ1) is 13.1. The van der Waals surface area contributed by atoms with Gasteiger partial charge in [0, 0.05) is 47.3 Å². The van der Waals surface area contributed by atoms with E-state index >= 15 is 0 Å². The Balaban J connectivity index is 1.48. The highest BCUT2D eigenvalue weighted by molar-refractivity contribution is 7.87. The molecule has 1 aromatic heterocycles. The van der Waals surface area contributed by atoms with E-state index in [2.05, 4.69) is 10.3 Å². The zero-order chi connectivity index (χ0) is 18.4. The van der Waals surface area contributed by atoms with Crippen molar-refractivity contribution in [2.24, 2.45) is 0 Å². The highest BCUT2D eigenvalue weighted by atomic mass is 32.2. The summed E-state index contributed by atoms with van der Waals surface area (Å²) in [5.41, 5.74) is 1.13. The molecule has 1 fully saturated rings. The van der Waals surface area contributed by atoms with Gasteiger partial charge < -0.3 is 14.2 Å². The van der Waals surface area contributed by atoms with E-state index in [4.69, 9.17) is 8.92 Å². The van der Waals surface area contributed by atoms with Crippen LogP contribution in [-0.2, 0) is 10.1 Å². The van der Waals surface area contributed by atoms with Gasteiger partial charge in [-0.2, -0.15) is 8.42 Å². The number of rotatable bonds is 3. The summed E-state index contributed by atoms with van der Waals surface area (Å²) in [6, 6.07) is 12.0. The van der Waals surface area contributed by atoms with Crippen molar-refractivity contribution in [2.75, 3.05) is 13.1 Å². The van der Waals surface area contributed by atoms with Crippen molar-refractivity contribution in [3.63, 3.8) is 0 Å². The Bertz CT molecular complexity index is 1120. The van der Waals surface area contributed by atoms with Crippen molar-refractivity contribution in [1.82, 2.24) is 10.3 Å². The first kappa shape index (κ1) is 16.5. The summed E-state index contributed by atoms with van der Waals surface area (Å²) in [5.74, 6) is 1.33. The maximum atomic E-state index is 12.9. The second-order valence-electron chi connectivity index (χ2n) is 6.85. The summed E-state index contributed by atoms with van der Waals surface area (Å²) in [6.07, 6.45) is 4.32. The van der Waals surface area contributed by atoms with Crippen LogP contribution in [0.15, 0.2) is 59.8 Å². The molecule has 0 aliphatic carbocycles. The molecule has 138 valence electrons. The minimum atomic E-state index is -3.98. The molecule has 0 spiro atoms. The summed E-state index contributed by atoms with van der Waals surface area (Å²) in [4.78, 5) is 4.16. The van der Waals surface area contributed by atoms with Crippen molar-refractivity contribution < 1.29 is 17.3 Å². The van der Waals surface area contributed by atoms with Crippen LogP contribution >= 0.6 is 0 Å². The number of benzene rings is 2. The lowest BCUT2D eigenvalue weighted by atomic mass is 9.90. The molecule has 3 aromatic rings. The number of ether oxygens (including phenoxy) is 1. The Morgan fingerprint density at radius 2 is 2.11 bits per heavy atom. The first-order valence-corrected chi connectivity index (χ1v) is 10.3. The number of nitrogens with one attached hydrogen (secondary N) is 1. The molecular formula is C20H18N2O4S. The molecule has 5 rings (SSSR count). The van der Waals surface area contributed by atoms with Gasteiger partial charge in [-0.05, 0) is 31.2 Å². The van der Waals surface area contributed by atoms with E-state index in [1.807, 2.05) is 12.1 Å². The van der Waals surface area contributed by atoms with Gasteiger partial charge in [-0.3, -0.25) is 4.98 Å². The number of aromatic nitrogens is 1. The van der Waals surface area contributed by atoms with Crippen molar-refractivity contribution in [1.29, 1.82) is 0 Å². The predicted molar refractivity (Wildman–Crippen MR) is 101 cm³/mol. The number of piperidine rings is 1. The van der Waals surface area contributed by atoms with Gasteiger partial charge in [-0.15, -0.1) is 0 Å². The molecule has 1 N–H and O–H groups in total. The van der Waals surface area contributed by atoms with E-state index in [1.165, 1.54) is 0 Å². The summed E-state index contributed by atoms with van der Waals surface area (Å²) in [7, 11) is -3.98. The third-order valence-corrected chi connectivity index (χ3v) is 6.51. The summed E-state index contributed by atoms with van der Waals surface area (Å²) < 4.78 is 37.2. The second kappa shape index (κ2) is 6.21. The van der Waals surface area contributed by atoms with Crippen LogP contribution in [0.3, 0.4) is 0 Å². The molecule has 0 bridgehead atoms. The number of pyridine rings is 1. The maximum absolute atomic E-state index is 12.9. The normalized spacial score (nSPS) is 21.3. The highest BCUT2D eigenvalue weighted by Gasteiger charge is 2.36. The minimum absolute atomic E-state index is 0.103. The summed E-state index contributed by atoms with van der Waals surface area (Å²) in [6.45, 7) is 1.77. The van der Waals surface area contributed by atoms with Crippen LogP contribution < -0.4 is 14.2 Å². The SMILES string of the molecule is O=S(=O)(Oc1ccc2c(c1)OC1CNCCC21)c1cccc2cnccc12. The number of hydrogen-bond acceptors (Lipinski definition) is 6. The third-order valence-electron chi connectivity index (χ3n) is 5.21. The van der Waals surface area contributed by atoms with E-state index in [9.17, 15) is 8.42 Å². The largest absolute Gasteiger partial charge is 0.488 e. The molecular weight excluding hydrogens is 364 g/mol. The van der Waals surface area contributed by atoms with Crippen molar-refractivity contribution >= 4 is 20.9 Å². The monoisotopic (exact) mass is 382 g/mol. The molecule has 0 amide bonds. The topological polar surface area (TPSA) is 77.5 Å². The molecule has 3 heterocycles. The predicted octanol–water partition coefficient (Wildman–Crippen LogP) is 2.84. The minimum Gasteiger partial charge on any atom is -0.488 e. The Kier molecular flexibility index (Phi) is 3.80. The second-order valence-corrected chi connectivity index (χ2v) is 8.36. The fraction of sp³-hybridized carbons (Fsp3) is 0.250. The van der Waals surface area contributed by atoms with Gasteiger partial charge in [0.25, 0.3) is 0 Å². The maximum Gasteiger partial charge on any atom is 0.339 e. The lowest BCUT2D eigenvalue weighted by Gasteiger charge is -2.24. The van der Waals surface area contributed by atoms with E-state index in [-0.39, 0.29) is 16.7 Å². The number of nitrogens with zero attached hydrogens (tertiary/aromatic N) is 1. The molecule has 27 heavy (non-hydrogen) atoms. The van der Waals surface area contributed by atoms with Gasteiger partial charge in [-0.25, -0.2) is 0 Å². The van der Waals surface area contributed by atoms with Crippen LogP contribution in [0, 0.1) is 0 Å². The Labute approximate surface area is 157 Å². The Morgan fingerprint density at radius 1 is 1.19 bits per heavy atom.